The Morgan fingerprint density at radius 3 is 2.74 bits per heavy atom. The average Bonchev–Trinajstić information content (AvgIpc) is 2.93. The fourth-order valence-electron chi connectivity index (χ4n) is 3.22. The lowest BCUT2D eigenvalue weighted by atomic mass is 9.97. The highest BCUT2D eigenvalue weighted by Crippen LogP contribution is 2.37. The lowest BCUT2D eigenvalue weighted by molar-refractivity contribution is -0.131. The predicted octanol–water partition coefficient (Wildman–Crippen LogP) is 1.19. The Kier molecular flexibility index (Phi) is 5.24. The number of fused-ring (bicyclic) bond motifs is 2. The van der Waals surface area contributed by atoms with Crippen LogP contribution in [-0.4, -0.2) is 38.9 Å². The zero-order valence-corrected chi connectivity index (χ0v) is 12.5. The zero-order chi connectivity index (χ0) is 12.0. The van der Waals surface area contributed by atoms with Gasteiger partial charge in [-0.1, -0.05) is 0 Å². The van der Waals surface area contributed by atoms with E-state index in [2.05, 4.69) is 9.97 Å². The number of hydrogen-bond acceptors (Lipinski definition) is 3. The summed E-state index contributed by atoms with van der Waals surface area (Å²) in [5.41, 5.74) is 7.87. The molecule has 3 N–H and O–H groups in total. The number of halogens is 2. The van der Waals surface area contributed by atoms with Crippen molar-refractivity contribution in [3.63, 3.8) is 0 Å². The maximum absolute atomic E-state index is 12.3. The third-order valence-corrected chi connectivity index (χ3v) is 4.13. The summed E-state index contributed by atoms with van der Waals surface area (Å²) in [6.07, 6.45) is 5.19. The van der Waals surface area contributed by atoms with Gasteiger partial charge in [0, 0.05) is 23.8 Å². The molecule has 3 rings (SSSR count). The molecule has 2 bridgehead atoms. The summed E-state index contributed by atoms with van der Waals surface area (Å²) in [6.45, 7) is 1.94. The number of aryl methyl sites for hydroxylation is 1. The second kappa shape index (κ2) is 6.11. The minimum atomic E-state index is 0. The molecule has 19 heavy (non-hydrogen) atoms. The molecule has 2 aliphatic rings. The molecule has 2 aliphatic heterocycles. The SMILES string of the molecule is Cc1[nH]cnc1CC(=O)N1[C@@H]2CC[C@H]1[C@H](N)C2.Cl.Cl. The number of carbonyl (C=O) groups excluding carboxylic acids is 1. The normalized spacial score (nSPS) is 27.9. The molecule has 0 unspecified atom stereocenters. The van der Waals surface area contributed by atoms with Crippen molar-refractivity contribution in [2.45, 2.75) is 50.7 Å². The standard InChI is InChI=1S/C12H18N4O.2ClH/c1-7-10(15-6-14-7)5-12(17)16-8-2-3-11(16)9(13)4-8;;/h6,8-9,11H,2-5,13H2,1H3,(H,14,15);2*1H/t8-,9-,11+;;/m1../s1. The number of aromatic amines is 1. The molecule has 3 atom stereocenters. The van der Waals surface area contributed by atoms with E-state index >= 15 is 0 Å². The number of imidazole rings is 1. The van der Waals surface area contributed by atoms with Crippen molar-refractivity contribution in [2.24, 2.45) is 5.73 Å². The molecule has 1 amide bonds. The van der Waals surface area contributed by atoms with Gasteiger partial charge < -0.3 is 15.6 Å². The van der Waals surface area contributed by atoms with Gasteiger partial charge in [0.05, 0.1) is 18.4 Å². The molecule has 1 aromatic heterocycles. The second-order valence-corrected chi connectivity index (χ2v) is 5.15. The number of nitrogens with two attached hydrogens (primary N) is 1. The van der Waals surface area contributed by atoms with E-state index in [0.717, 1.165) is 30.7 Å². The molecule has 0 saturated carbocycles. The van der Waals surface area contributed by atoms with E-state index in [9.17, 15) is 4.79 Å². The molecule has 3 heterocycles. The third kappa shape index (κ3) is 2.73. The zero-order valence-electron chi connectivity index (χ0n) is 10.8. The van der Waals surface area contributed by atoms with Gasteiger partial charge in [-0.05, 0) is 26.2 Å². The quantitative estimate of drug-likeness (QED) is 0.862. The average molecular weight is 307 g/mol. The van der Waals surface area contributed by atoms with Gasteiger partial charge in [-0.2, -0.15) is 0 Å². The summed E-state index contributed by atoms with van der Waals surface area (Å²) in [7, 11) is 0. The predicted molar refractivity (Wildman–Crippen MR) is 77.8 cm³/mol. The maximum atomic E-state index is 12.3. The molecule has 2 fully saturated rings. The van der Waals surface area contributed by atoms with E-state index < -0.39 is 0 Å². The van der Waals surface area contributed by atoms with Crippen LogP contribution in [0.1, 0.15) is 30.7 Å². The molecule has 2 saturated heterocycles. The van der Waals surface area contributed by atoms with E-state index in [-0.39, 0.29) is 42.8 Å². The molecule has 5 nitrogen and oxygen atoms in total. The van der Waals surface area contributed by atoms with Gasteiger partial charge in [-0.3, -0.25) is 4.79 Å². The van der Waals surface area contributed by atoms with Crippen LogP contribution in [0.5, 0.6) is 0 Å². The number of nitrogens with zero attached hydrogens (tertiary/aromatic N) is 2. The number of H-pyrrole nitrogens is 1. The highest BCUT2D eigenvalue weighted by molar-refractivity contribution is 5.85. The van der Waals surface area contributed by atoms with Gasteiger partial charge in [-0.15, -0.1) is 24.8 Å². The number of amides is 1. The Morgan fingerprint density at radius 1 is 1.53 bits per heavy atom. The Balaban J connectivity index is 0.000000902. The highest BCUT2D eigenvalue weighted by Gasteiger charge is 2.46. The van der Waals surface area contributed by atoms with Crippen molar-refractivity contribution in [3.8, 4) is 0 Å². The first kappa shape index (κ1) is 16.3. The van der Waals surface area contributed by atoms with Crippen LogP contribution in [-0.2, 0) is 11.2 Å². The van der Waals surface area contributed by atoms with Crippen molar-refractivity contribution < 1.29 is 4.79 Å². The van der Waals surface area contributed by atoms with Crippen LogP contribution >= 0.6 is 24.8 Å². The molecule has 1 aromatic rings. The fourth-order valence-corrected chi connectivity index (χ4v) is 3.22. The van der Waals surface area contributed by atoms with E-state index in [0.29, 0.717) is 12.5 Å². The van der Waals surface area contributed by atoms with E-state index in [4.69, 9.17) is 5.73 Å². The lowest BCUT2D eigenvalue weighted by Crippen LogP contribution is -2.41. The van der Waals surface area contributed by atoms with Crippen LogP contribution in [0, 0.1) is 6.92 Å². The van der Waals surface area contributed by atoms with E-state index in [1.54, 1.807) is 6.33 Å². The van der Waals surface area contributed by atoms with Crippen molar-refractivity contribution in [2.75, 3.05) is 0 Å². The monoisotopic (exact) mass is 306 g/mol. The second-order valence-electron chi connectivity index (χ2n) is 5.15. The van der Waals surface area contributed by atoms with Gasteiger partial charge in [0.2, 0.25) is 5.91 Å². The van der Waals surface area contributed by atoms with Crippen LogP contribution in [0.2, 0.25) is 0 Å². The Hall–Kier alpha value is -0.780. The van der Waals surface area contributed by atoms with Gasteiger partial charge in [-0.25, -0.2) is 4.98 Å². The number of rotatable bonds is 2. The van der Waals surface area contributed by atoms with Crippen LogP contribution in [0.4, 0.5) is 0 Å². The molecule has 108 valence electrons. The largest absolute Gasteiger partial charge is 0.348 e. The van der Waals surface area contributed by atoms with Crippen molar-refractivity contribution in [1.29, 1.82) is 0 Å². The Morgan fingerprint density at radius 2 is 2.26 bits per heavy atom. The molecule has 0 radical (unpaired) electrons. The van der Waals surface area contributed by atoms with Gasteiger partial charge >= 0.3 is 0 Å². The first-order valence-corrected chi connectivity index (χ1v) is 6.22. The Labute approximate surface area is 125 Å². The molecule has 0 spiro atoms. The smallest absolute Gasteiger partial charge is 0.229 e. The summed E-state index contributed by atoms with van der Waals surface area (Å²) in [6, 6.07) is 0.825. The van der Waals surface area contributed by atoms with Crippen LogP contribution in [0.3, 0.4) is 0 Å². The first-order valence-electron chi connectivity index (χ1n) is 6.22. The maximum Gasteiger partial charge on any atom is 0.229 e. The van der Waals surface area contributed by atoms with Crippen molar-refractivity contribution >= 4 is 30.7 Å². The number of aromatic nitrogens is 2. The number of hydrogen-bond donors (Lipinski definition) is 2. The van der Waals surface area contributed by atoms with E-state index in [1.165, 1.54) is 0 Å². The van der Waals surface area contributed by atoms with Crippen LogP contribution < -0.4 is 5.73 Å². The summed E-state index contributed by atoms with van der Waals surface area (Å²) < 4.78 is 0. The van der Waals surface area contributed by atoms with Crippen LogP contribution in [0.25, 0.3) is 0 Å². The van der Waals surface area contributed by atoms with E-state index in [1.807, 2.05) is 11.8 Å². The van der Waals surface area contributed by atoms with Gasteiger partial charge in [0.15, 0.2) is 0 Å². The minimum Gasteiger partial charge on any atom is -0.348 e. The van der Waals surface area contributed by atoms with Crippen LogP contribution in [0.15, 0.2) is 6.33 Å². The molecule has 0 aromatic carbocycles. The van der Waals surface area contributed by atoms with Gasteiger partial charge in [0.25, 0.3) is 0 Å². The topological polar surface area (TPSA) is 75.0 Å². The number of carbonyl (C=O) groups is 1. The minimum absolute atomic E-state index is 0. The fraction of sp³-hybridized carbons (Fsp3) is 0.667. The molecular formula is C12H20Cl2N4O. The van der Waals surface area contributed by atoms with Crippen molar-refractivity contribution in [1.82, 2.24) is 14.9 Å². The first-order chi connectivity index (χ1) is 8.16. The third-order valence-electron chi connectivity index (χ3n) is 4.13. The number of nitrogens with one attached hydrogen (secondary N) is 1. The van der Waals surface area contributed by atoms with Crippen molar-refractivity contribution in [3.05, 3.63) is 17.7 Å². The Bertz CT molecular complexity index is 451. The summed E-state index contributed by atoms with van der Waals surface area (Å²) >= 11 is 0. The lowest BCUT2D eigenvalue weighted by Gasteiger charge is -2.22. The summed E-state index contributed by atoms with van der Waals surface area (Å²) in [5, 5.41) is 0. The van der Waals surface area contributed by atoms with Gasteiger partial charge in [0.1, 0.15) is 0 Å². The summed E-state index contributed by atoms with van der Waals surface area (Å²) in [4.78, 5) is 21.5. The molecule has 0 aliphatic carbocycles. The highest BCUT2D eigenvalue weighted by atomic mass is 35.5. The molecular weight excluding hydrogens is 287 g/mol. The molecule has 7 heteroatoms. The summed E-state index contributed by atoms with van der Waals surface area (Å²) in [5.74, 6) is 0.181.